The Morgan fingerprint density at radius 2 is 1.84 bits per heavy atom. The fourth-order valence-electron chi connectivity index (χ4n) is 3.39. The van der Waals surface area contributed by atoms with Gasteiger partial charge in [-0.1, -0.05) is 17.3 Å². The van der Waals surface area contributed by atoms with Crippen molar-refractivity contribution in [1.29, 1.82) is 0 Å². The molecule has 4 aromatic heterocycles. The van der Waals surface area contributed by atoms with Gasteiger partial charge in [0.25, 0.3) is 0 Å². The van der Waals surface area contributed by atoms with Gasteiger partial charge in [0.05, 0.1) is 24.4 Å². The molecule has 5 rings (SSSR count). The average Bonchev–Trinajstić information content (AvgIpc) is 3.21. The van der Waals surface area contributed by atoms with E-state index >= 15 is 0 Å². The van der Waals surface area contributed by atoms with E-state index in [2.05, 4.69) is 38.5 Å². The molecule has 4 heterocycles. The first-order chi connectivity index (χ1) is 15.3. The van der Waals surface area contributed by atoms with E-state index < -0.39 is 0 Å². The van der Waals surface area contributed by atoms with Crippen molar-refractivity contribution >= 4 is 22.1 Å². The maximum Gasteiger partial charge on any atom is 0.213 e. The quantitative estimate of drug-likeness (QED) is 0.378. The number of methoxy groups -OCH3 is 1. The van der Waals surface area contributed by atoms with Gasteiger partial charge in [0, 0.05) is 36.5 Å². The summed E-state index contributed by atoms with van der Waals surface area (Å²) in [7, 11) is 1.64. The van der Waals surface area contributed by atoms with Gasteiger partial charge in [-0.05, 0) is 42.0 Å². The summed E-state index contributed by atoms with van der Waals surface area (Å²) in [5, 5.41) is 9.67. The van der Waals surface area contributed by atoms with Crippen LogP contribution in [-0.2, 0) is 11.3 Å². The first-order valence-electron chi connectivity index (χ1n) is 9.92. The lowest BCUT2D eigenvalue weighted by molar-refractivity contribution is 0.144. The van der Waals surface area contributed by atoms with Crippen molar-refractivity contribution in [3.05, 3.63) is 72.6 Å². The Bertz CT molecular complexity index is 1350. The summed E-state index contributed by atoms with van der Waals surface area (Å²) in [6.45, 7) is 1.52. The van der Waals surface area contributed by atoms with Crippen LogP contribution < -0.4 is 4.74 Å². The van der Waals surface area contributed by atoms with Crippen molar-refractivity contribution in [2.45, 2.75) is 6.54 Å². The lowest BCUT2D eigenvalue weighted by atomic mass is 10.1. The monoisotopic (exact) mass is 412 g/mol. The van der Waals surface area contributed by atoms with Crippen LogP contribution in [0.25, 0.3) is 33.3 Å². The Kier molecular flexibility index (Phi) is 5.20. The summed E-state index contributed by atoms with van der Waals surface area (Å²) in [5.74, 6) is 0.535. The van der Waals surface area contributed by atoms with E-state index in [0.29, 0.717) is 25.6 Å². The van der Waals surface area contributed by atoms with E-state index in [4.69, 9.17) is 14.5 Å². The van der Waals surface area contributed by atoms with Gasteiger partial charge in [-0.3, -0.25) is 4.98 Å². The molecule has 0 atom stereocenters. The lowest BCUT2D eigenvalue weighted by Gasteiger charge is -2.07. The average molecular weight is 412 g/mol. The zero-order valence-corrected chi connectivity index (χ0v) is 17.0. The highest BCUT2D eigenvalue weighted by Gasteiger charge is 2.10. The Balaban J connectivity index is 1.45. The molecule has 0 saturated heterocycles. The van der Waals surface area contributed by atoms with E-state index in [9.17, 15) is 0 Å². The van der Waals surface area contributed by atoms with Crippen LogP contribution in [0, 0.1) is 0 Å². The second-order valence-electron chi connectivity index (χ2n) is 7.04. The molecule has 0 fully saturated rings. The fourth-order valence-corrected chi connectivity index (χ4v) is 3.39. The molecule has 0 unspecified atom stereocenters. The number of fused-ring (bicyclic) bond motifs is 2. The standard InChI is InChI=1S/C23H20N6O2/c1-30-11-12-31-22-14-18(8-10-25-22)20-6-7-21-23(26-20)29(28-27-21)15-16-4-5-19-17(13-16)3-2-9-24-19/h2-10,13-14H,11-12,15H2,1H3. The summed E-state index contributed by atoms with van der Waals surface area (Å²) in [5.41, 5.74) is 5.26. The minimum absolute atomic E-state index is 0.442. The molecule has 8 heteroatoms. The van der Waals surface area contributed by atoms with Gasteiger partial charge in [-0.2, -0.15) is 0 Å². The molecule has 0 radical (unpaired) electrons. The molecule has 0 saturated carbocycles. The molecule has 0 aliphatic heterocycles. The van der Waals surface area contributed by atoms with E-state index in [1.165, 1.54) is 0 Å². The van der Waals surface area contributed by atoms with Crippen LogP contribution in [0.5, 0.6) is 5.88 Å². The molecule has 154 valence electrons. The Morgan fingerprint density at radius 1 is 0.903 bits per heavy atom. The highest BCUT2D eigenvalue weighted by Crippen LogP contribution is 2.23. The third-order valence-electron chi connectivity index (χ3n) is 4.93. The summed E-state index contributed by atoms with van der Waals surface area (Å²) in [6, 6.07) is 17.8. The molecule has 5 aromatic rings. The van der Waals surface area contributed by atoms with E-state index in [1.54, 1.807) is 19.5 Å². The molecule has 0 N–H and O–H groups in total. The summed E-state index contributed by atoms with van der Waals surface area (Å²) >= 11 is 0. The first-order valence-corrected chi connectivity index (χ1v) is 9.92. The smallest absolute Gasteiger partial charge is 0.213 e. The van der Waals surface area contributed by atoms with Gasteiger partial charge in [0.2, 0.25) is 5.88 Å². The topological polar surface area (TPSA) is 87.8 Å². The van der Waals surface area contributed by atoms with Crippen molar-refractivity contribution in [1.82, 2.24) is 29.9 Å². The van der Waals surface area contributed by atoms with Crippen LogP contribution in [0.2, 0.25) is 0 Å². The molecule has 8 nitrogen and oxygen atoms in total. The van der Waals surface area contributed by atoms with Crippen LogP contribution >= 0.6 is 0 Å². The van der Waals surface area contributed by atoms with Gasteiger partial charge in [0.15, 0.2) is 5.65 Å². The molecular formula is C23H20N6O2. The number of ether oxygens (including phenoxy) is 2. The van der Waals surface area contributed by atoms with Gasteiger partial charge in [0.1, 0.15) is 12.1 Å². The van der Waals surface area contributed by atoms with Crippen LogP contribution in [-0.4, -0.2) is 50.3 Å². The van der Waals surface area contributed by atoms with Crippen molar-refractivity contribution in [2.24, 2.45) is 0 Å². The summed E-state index contributed by atoms with van der Waals surface area (Å²) in [4.78, 5) is 13.4. The largest absolute Gasteiger partial charge is 0.475 e. The number of aromatic nitrogens is 6. The minimum Gasteiger partial charge on any atom is -0.475 e. The normalized spacial score (nSPS) is 11.3. The highest BCUT2D eigenvalue weighted by molar-refractivity contribution is 5.79. The van der Waals surface area contributed by atoms with Gasteiger partial charge < -0.3 is 9.47 Å². The highest BCUT2D eigenvalue weighted by atomic mass is 16.5. The maximum absolute atomic E-state index is 5.62. The predicted molar refractivity (Wildman–Crippen MR) is 117 cm³/mol. The van der Waals surface area contributed by atoms with E-state index in [-0.39, 0.29) is 0 Å². The van der Waals surface area contributed by atoms with E-state index in [1.807, 2.05) is 41.1 Å². The first kappa shape index (κ1) is 19.1. The van der Waals surface area contributed by atoms with Crippen LogP contribution in [0.4, 0.5) is 0 Å². The van der Waals surface area contributed by atoms with Crippen LogP contribution in [0.3, 0.4) is 0 Å². The number of nitrogens with zero attached hydrogens (tertiary/aromatic N) is 6. The van der Waals surface area contributed by atoms with Gasteiger partial charge in [-0.25, -0.2) is 14.6 Å². The molecule has 0 aliphatic rings. The lowest BCUT2D eigenvalue weighted by Crippen LogP contribution is -2.05. The minimum atomic E-state index is 0.442. The molecule has 31 heavy (non-hydrogen) atoms. The number of pyridine rings is 3. The Morgan fingerprint density at radius 3 is 2.77 bits per heavy atom. The molecule has 0 amide bonds. The molecule has 0 bridgehead atoms. The summed E-state index contributed by atoms with van der Waals surface area (Å²) < 4.78 is 12.5. The molecule has 1 aromatic carbocycles. The van der Waals surface area contributed by atoms with Crippen LogP contribution in [0.15, 0.2) is 67.0 Å². The van der Waals surface area contributed by atoms with Gasteiger partial charge >= 0.3 is 0 Å². The zero-order valence-electron chi connectivity index (χ0n) is 17.0. The Labute approximate surface area is 178 Å². The van der Waals surface area contributed by atoms with Crippen molar-refractivity contribution in [2.75, 3.05) is 20.3 Å². The second-order valence-corrected chi connectivity index (χ2v) is 7.04. The predicted octanol–water partition coefficient (Wildman–Crippen LogP) is 3.51. The summed E-state index contributed by atoms with van der Waals surface area (Å²) in [6.07, 6.45) is 3.51. The number of hydrogen-bond acceptors (Lipinski definition) is 7. The van der Waals surface area contributed by atoms with Crippen molar-refractivity contribution in [3.8, 4) is 17.1 Å². The second kappa shape index (κ2) is 8.45. The number of rotatable bonds is 7. The zero-order chi connectivity index (χ0) is 21.0. The molecular weight excluding hydrogens is 392 g/mol. The third kappa shape index (κ3) is 4.06. The molecule has 0 aliphatic carbocycles. The number of benzene rings is 1. The number of hydrogen-bond donors (Lipinski definition) is 0. The third-order valence-corrected chi connectivity index (χ3v) is 4.93. The fraction of sp³-hybridized carbons (Fsp3) is 0.174. The van der Waals surface area contributed by atoms with Crippen molar-refractivity contribution in [3.63, 3.8) is 0 Å². The SMILES string of the molecule is COCCOc1cc(-c2ccc3nnn(Cc4ccc5ncccc5c4)c3n2)ccn1. The molecule has 0 spiro atoms. The maximum atomic E-state index is 5.62. The van der Waals surface area contributed by atoms with Crippen molar-refractivity contribution < 1.29 is 9.47 Å². The van der Waals surface area contributed by atoms with Gasteiger partial charge in [-0.15, -0.1) is 5.10 Å². The van der Waals surface area contributed by atoms with Crippen LogP contribution in [0.1, 0.15) is 5.56 Å². The van der Waals surface area contributed by atoms with E-state index in [0.717, 1.165) is 38.9 Å². The Hall–Kier alpha value is -3.91.